The molecule has 1 N–H and O–H groups in total. The molecule has 130 valence electrons. The fraction of sp³-hybridized carbons (Fsp3) is 0.222. The van der Waals surface area contributed by atoms with Crippen molar-refractivity contribution < 1.29 is 4.79 Å². The molecule has 0 bridgehead atoms. The summed E-state index contributed by atoms with van der Waals surface area (Å²) in [4.78, 5) is 24.0. The third-order valence-electron chi connectivity index (χ3n) is 3.68. The Hall–Kier alpha value is -1.76. The second-order valence-corrected chi connectivity index (χ2v) is 7.88. The highest BCUT2D eigenvalue weighted by atomic mass is 35.5. The monoisotopic (exact) mass is 392 g/mol. The fourth-order valence-corrected chi connectivity index (χ4v) is 4.39. The summed E-state index contributed by atoms with van der Waals surface area (Å²) in [7, 11) is 0. The molecule has 0 aliphatic heterocycles. The summed E-state index contributed by atoms with van der Waals surface area (Å²) in [6.45, 7) is 2.59. The number of aromatic nitrogens is 1. The van der Waals surface area contributed by atoms with E-state index in [2.05, 4.69) is 5.32 Å². The SMILES string of the molecule is CCn1c(=O)sc2cc(NC(=O)CSCc3ccc(Cl)cc3)ccc21. The molecule has 0 saturated heterocycles. The number of carbonyl (C=O) groups is 1. The molecule has 1 heterocycles. The maximum Gasteiger partial charge on any atom is 0.308 e. The molecule has 25 heavy (non-hydrogen) atoms. The van der Waals surface area contributed by atoms with E-state index in [9.17, 15) is 9.59 Å². The highest BCUT2D eigenvalue weighted by molar-refractivity contribution is 7.99. The van der Waals surface area contributed by atoms with E-state index in [1.165, 1.54) is 11.3 Å². The topological polar surface area (TPSA) is 51.1 Å². The molecule has 7 heteroatoms. The second kappa shape index (κ2) is 8.08. The lowest BCUT2D eigenvalue weighted by molar-refractivity contribution is -0.113. The van der Waals surface area contributed by atoms with Gasteiger partial charge in [-0.25, -0.2) is 0 Å². The lowest BCUT2D eigenvalue weighted by Gasteiger charge is -2.06. The Balaban J connectivity index is 1.58. The van der Waals surface area contributed by atoms with Crippen LogP contribution in [0.3, 0.4) is 0 Å². The van der Waals surface area contributed by atoms with Crippen LogP contribution in [-0.2, 0) is 17.1 Å². The van der Waals surface area contributed by atoms with E-state index in [0.29, 0.717) is 23.0 Å². The zero-order valence-electron chi connectivity index (χ0n) is 13.6. The maximum absolute atomic E-state index is 12.1. The number of fused-ring (bicyclic) bond motifs is 1. The second-order valence-electron chi connectivity index (χ2n) is 5.46. The molecular weight excluding hydrogens is 376 g/mol. The van der Waals surface area contributed by atoms with Crippen molar-refractivity contribution in [3.8, 4) is 0 Å². The van der Waals surface area contributed by atoms with E-state index < -0.39 is 0 Å². The number of amides is 1. The summed E-state index contributed by atoms with van der Waals surface area (Å²) < 4.78 is 2.62. The molecule has 0 aliphatic rings. The highest BCUT2D eigenvalue weighted by Crippen LogP contribution is 2.22. The van der Waals surface area contributed by atoms with Gasteiger partial charge in [0.25, 0.3) is 0 Å². The first-order valence-electron chi connectivity index (χ1n) is 7.82. The molecule has 0 spiro atoms. The fourth-order valence-electron chi connectivity index (χ4n) is 2.48. The molecule has 1 aromatic heterocycles. The smallest absolute Gasteiger partial charge is 0.308 e. The Morgan fingerprint density at radius 3 is 2.72 bits per heavy atom. The summed E-state index contributed by atoms with van der Waals surface area (Å²) in [6, 6.07) is 13.2. The van der Waals surface area contributed by atoms with Crippen molar-refractivity contribution in [2.75, 3.05) is 11.1 Å². The molecule has 2 aromatic carbocycles. The van der Waals surface area contributed by atoms with E-state index in [-0.39, 0.29) is 10.8 Å². The van der Waals surface area contributed by atoms with E-state index in [0.717, 1.165) is 21.5 Å². The molecular formula is C18H17ClN2O2S2. The molecule has 0 fully saturated rings. The number of aryl methyl sites for hydroxylation is 1. The first kappa shape index (κ1) is 18.0. The van der Waals surface area contributed by atoms with Gasteiger partial charge in [-0.05, 0) is 42.8 Å². The molecule has 0 saturated carbocycles. The predicted molar refractivity (Wildman–Crippen MR) is 108 cm³/mol. The Kier molecular flexibility index (Phi) is 5.83. The van der Waals surface area contributed by atoms with Crippen LogP contribution in [-0.4, -0.2) is 16.2 Å². The highest BCUT2D eigenvalue weighted by Gasteiger charge is 2.08. The van der Waals surface area contributed by atoms with Crippen LogP contribution in [0.15, 0.2) is 47.3 Å². The van der Waals surface area contributed by atoms with Gasteiger partial charge in [-0.2, -0.15) is 0 Å². The molecule has 1 amide bonds. The summed E-state index contributed by atoms with van der Waals surface area (Å²) >= 11 is 8.60. The first-order chi connectivity index (χ1) is 12.1. The van der Waals surface area contributed by atoms with Gasteiger partial charge in [-0.1, -0.05) is 35.1 Å². The summed E-state index contributed by atoms with van der Waals surface area (Å²) in [6.07, 6.45) is 0. The number of nitrogens with zero attached hydrogens (tertiary/aromatic N) is 1. The Morgan fingerprint density at radius 1 is 1.24 bits per heavy atom. The number of anilines is 1. The van der Waals surface area contributed by atoms with Crippen molar-refractivity contribution in [2.45, 2.75) is 19.2 Å². The molecule has 3 rings (SSSR count). The first-order valence-corrected chi connectivity index (χ1v) is 10.2. The van der Waals surface area contributed by atoms with Crippen LogP contribution in [0.25, 0.3) is 10.2 Å². The summed E-state index contributed by atoms with van der Waals surface area (Å²) in [5.41, 5.74) is 2.76. The quantitative estimate of drug-likeness (QED) is 0.666. The maximum atomic E-state index is 12.1. The van der Waals surface area contributed by atoms with Crippen LogP contribution in [0.2, 0.25) is 5.02 Å². The van der Waals surface area contributed by atoms with Gasteiger partial charge in [0.2, 0.25) is 5.91 Å². The van der Waals surface area contributed by atoms with Crippen LogP contribution in [0.4, 0.5) is 5.69 Å². The number of rotatable bonds is 6. The van der Waals surface area contributed by atoms with E-state index in [1.54, 1.807) is 16.3 Å². The number of hydrogen-bond donors (Lipinski definition) is 1. The van der Waals surface area contributed by atoms with Crippen LogP contribution < -0.4 is 10.2 Å². The predicted octanol–water partition coefficient (Wildman–Crippen LogP) is 4.61. The van der Waals surface area contributed by atoms with Gasteiger partial charge in [0.05, 0.1) is 16.0 Å². The Labute approximate surface area is 158 Å². The van der Waals surface area contributed by atoms with Crippen molar-refractivity contribution in [1.82, 2.24) is 4.57 Å². The zero-order chi connectivity index (χ0) is 17.8. The minimum atomic E-state index is -0.0550. The van der Waals surface area contributed by atoms with Crippen LogP contribution in [0.5, 0.6) is 0 Å². The number of hydrogen-bond acceptors (Lipinski definition) is 4. The van der Waals surface area contributed by atoms with Crippen molar-refractivity contribution in [3.05, 3.63) is 62.7 Å². The van der Waals surface area contributed by atoms with Gasteiger partial charge in [0.15, 0.2) is 0 Å². The number of carbonyl (C=O) groups excluding carboxylic acids is 1. The van der Waals surface area contributed by atoms with Crippen molar-refractivity contribution in [3.63, 3.8) is 0 Å². The third-order valence-corrected chi connectivity index (χ3v) is 5.88. The van der Waals surface area contributed by atoms with Crippen molar-refractivity contribution >= 4 is 56.5 Å². The van der Waals surface area contributed by atoms with Crippen LogP contribution in [0, 0.1) is 0 Å². The molecule has 0 radical (unpaired) electrons. The Morgan fingerprint density at radius 2 is 2.00 bits per heavy atom. The van der Waals surface area contributed by atoms with Gasteiger partial charge in [0, 0.05) is 23.0 Å². The van der Waals surface area contributed by atoms with Gasteiger partial charge in [0.1, 0.15) is 0 Å². The Bertz CT molecular complexity index is 948. The van der Waals surface area contributed by atoms with Crippen molar-refractivity contribution in [1.29, 1.82) is 0 Å². The average molecular weight is 393 g/mol. The number of halogens is 1. The van der Waals surface area contributed by atoms with E-state index in [4.69, 9.17) is 11.6 Å². The van der Waals surface area contributed by atoms with E-state index >= 15 is 0 Å². The lowest BCUT2D eigenvalue weighted by atomic mass is 10.2. The van der Waals surface area contributed by atoms with Crippen LogP contribution >= 0.6 is 34.7 Å². The lowest BCUT2D eigenvalue weighted by Crippen LogP contribution is -2.14. The standard InChI is InChI=1S/C18H17ClN2O2S2/c1-2-21-15-8-7-14(9-16(15)25-18(21)23)20-17(22)11-24-10-12-3-5-13(19)6-4-12/h3-9H,2,10-11H2,1H3,(H,20,22). The third kappa shape index (κ3) is 4.45. The van der Waals surface area contributed by atoms with Crippen molar-refractivity contribution in [2.24, 2.45) is 0 Å². The molecule has 3 aromatic rings. The number of benzene rings is 2. The van der Waals surface area contributed by atoms with Gasteiger partial charge in [-0.3, -0.25) is 14.2 Å². The summed E-state index contributed by atoms with van der Waals surface area (Å²) in [5, 5.41) is 3.60. The van der Waals surface area contributed by atoms with Gasteiger partial charge in [-0.15, -0.1) is 11.8 Å². The molecule has 0 aliphatic carbocycles. The van der Waals surface area contributed by atoms with E-state index in [1.807, 2.05) is 49.4 Å². The molecule has 0 atom stereocenters. The van der Waals surface area contributed by atoms with Gasteiger partial charge < -0.3 is 5.32 Å². The number of nitrogens with one attached hydrogen (secondary N) is 1. The summed E-state index contributed by atoms with van der Waals surface area (Å²) in [5.74, 6) is 1.07. The normalized spacial score (nSPS) is 11.0. The zero-order valence-corrected chi connectivity index (χ0v) is 16.0. The minimum Gasteiger partial charge on any atom is -0.325 e. The molecule has 0 unspecified atom stereocenters. The largest absolute Gasteiger partial charge is 0.325 e. The average Bonchev–Trinajstić information content (AvgIpc) is 2.91. The molecule has 4 nitrogen and oxygen atoms in total. The number of thiazole rings is 1. The number of thioether (sulfide) groups is 1. The van der Waals surface area contributed by atoms with Gasteiger partial charge >= 0.3 is 4.87 Å². The van der Waals surface area contributed by atoms with Crippen LogP contribution in [0.1, 0.15) is 12.5 Å². The minimum absolute atomic E-state index is 0.0273.